The summed E-state index contributed by atoms with van der Waals surface area (Å²) in [5, 5.41) is 1.08. The van der Waals surface area contributed by atoms with E-state index in [-0.39, 0.29) is 21.8 Å². The van der Waals surface area contributed by atoms with Gasteiger partial charge >= 0.3 is 0 Å². The zero-order chi connectivity index (χ0) is 25.8. The summed E-state index contributed by atoms with van der Waals surface area (Å²) in [7, 11) is -2.11. The molecule has 0 radical (unpaired) electrons. The Morgan fingerprint density at radius 3 is 2.22 bits per heavy atom. The fourth-order valence-electron chi connectivity index (χ4n) is 4.53. The molecule has 5 aromatic rings. The van der Waals surface area contributed by atoms with Gasteiger partial charge in [-0.15, -0.1) is 11.3 Å². The van der Waals surface area contributed by atoms with Gasteiger partial charge in [0.25, 0.3) is 15.6 Å². The predicted molar refractivity (Wildman–Crippen MR) is 146 cm³/mol. The van der Waals surface area contributed by atoms with Crippen LogP contribution in [0.2, 0.25) is 0 Å². The molecular weight excluding hydrogens is 494 g/mol. The Morgan fingerprint density at radius 1 is 0.889 bits per heavy atom. The second-order valence-electron chi connectivity index (χ2n) is 9.03. The van der Waals surface area contributed by atoms with Crippen LogP contribution in [0.3, 0.4) is 0 Å². The minimum atomic E-state index is -3.92. The Kier molecular flexibility index (Phi) is 5.84. The van der Waals surface area contributed by atoms with E-state index in [9.17, 15) is 18.0 Å². The Hall–Kier alpha value is -3.69. The Balaban J connectivity index is 1.49. The van der Waals surface area contributed by atoms with E-state index in [0.29, 0.717) is 22.1 Å². The summed E-state index contributed by atoms with van der Waals surface area (Å²) in [6.07, 6.45) is 0. The molecule has 0 aliphatic heterocycles. The molecule has 2 heterocycles. The maximum Gasteiger partial charge on any atom is 0.275 e. The van der Waals surface area contributed by atoms with Crippen molar-refractivity contribution in [1.29, 1.82) is 0 Å². The van der Waals surface area contributed by atoms with Crippen molar-refractivity contribution in [3.8, 4) is 5.69 Å². The van der Waals surface area contributed by atoms with Gasteiger partial charge in [0.1, 0.15) is 0 Å². The van der Waals surface area contributed by atoms with Gasteiger partial charge in [-0.3, -0.25) is 19.0 Å². The highest BCUT2D eigenvalue weighted by Crippen LogP contribution is 2.27. The maximum absolute atomic E-state index is 13.1. The molecule has 0 aliphatic carbocycles. The van der Waals surface area contributed by atoms with Crippen molar-refractivity contribution in [1.82, 2.24) is 9.36 Å². The van der Waals surface area contributed by atoms with Crippen LogP contribution >= 0.6 is 11.3 Å². The molecule has 0 atom stereocenters. The molecule has 0 unspecified atom stereocenters. The van der Waals surface area contributed by atoms with E-state index in [4.69, 9.17) is 0 Å². The number of fused-ring (bicyclic) bond motifs is 2. The van der Waals surface area contributed by atoms with Crippen molar-refractivity contribution >= 4 is 47.2 Å². The summed E-state index contributed by atoms with van der Waals surface area (Å²) in [4.78, 5) is 26.0. The van der Waals surface area contributed by atoms with Crippen LogP contribution in [0.1, 0.15) is 31.0 Å². The van der Waals surface area contributed by atoms with Crippen LogP contribution < -0.4 is 15.7 Å². The molecule has 0 amide bonds. The highest BCUT2D eigenvalue weighted by Gasteiger charge is 2.20. The van der Waals surface area contributed by atoms with Crippen molar-refractivity contribution in [3.05, 3.63) is 98.6 Å². The third-order valence-electron chi connectivity index (χ3n) is 6.39. The molecule has 184 valence electrons. The summed E-state index contributed by atoms with van der Waals surface area (Å²) >= 11 is 1.49. The summed E-state index contributed by atoms with van der Waals surface area (Å²) in [5.41, 5.74) is 2.24. The average molecular weight is 520 g/mol. The summed E-state index contributed by atoms with van der Waals surface area (Å²) in [6, 6.07) is 18.5. The first-order valence-electron chi connectivity index (χ1n) is 11.5. The lowest BCUT2D eigenvalue weighted by Gasteiger charge is -2.11. The molecule has 7 nitrogen and oxygen atoms in total. The van der Waals surface area contributed by atoms with Crippen LogP contribution in [0, 0.1) is 6.92 Å². The fraction of sp³-hybridized carbons (Fsp3) is 0.185. The predicted octanol–water partition coefficient (Wildman–Crippen LogP) is 5.14. The number of rotatable bonds is 5. The van der Waals surface area contributed by atoms with Crippen molar-refractivity contribution in [2.75, 3.05) is 4.72 Å². The highest BCUT2D eigenvalue weighted by molar-refractivity contribution is 7.92. The van der Waals surface area contributed by atoms with Crippen molar-refractivity contribution in [2.24, 2.45) is 7.05 Å². The SMILES string of the molecule is Cc1c(C(C)C)c(=O)n(-c2ccc(S(=O)(=O)Nc3ccc4sc5ccccc5c(=O)c4c3)cc2)n1C. The molecular formula is C27H25N3O4S2. The minimum absolute atomic E-state index is 0.0538. The second-order valence-corrected chi connectivity index (χ2v) is 11.8. The molecule has 1 N–H and O–H groups in total. The van der Waals surface area contributed by atoms with E-state index in [0.717, 1.165) is 20.7 Å². The van der Waals surface area contributed by atoms with E-state index in [1.54, 1.807) is 45.8 Å². The molecule has 0 spiro atoms. The van der Waals surface area contributed by atoms with Gasteiger partial charge < -0.3 is 0 Å². The lowest BCUT2D eigenvalue weighted by atomic mass is 10.0. The van der Waals surface area contributed by atoms with Crippen LogP contribution in [-0.2, 0) is 17.1 Å². The zero-order valence-electron chi connectivity index (χ0n) is 20.3. The first-order chi connectivity index (χ1) is 17.1. The Morgan fingerprint density at radius 2 is 1.56 bits per heavy atom. The number of anilines is 1. The average Bonchev–Trinajstić information content (AvgIpc) is 3.07. The van der Waals surface area contributed by atoms with Gasteiger partial charge in [-0.25, -0.2) is 13.1 Å². The van der Waals surface area contributed by atoms with Gasteiger partial charge in [-0.05, 0) is 67.4 Å². The quantitative estimate of drug-likeness (QED) is 0.326. The molecule has 0 bridgehead atoms. The molecule has 0 saturated carbocycles. The van der Waals surface area contributed by atoms with Crippen molar-refractivity contribution < 1.29 is 8.42 Å². The van der Waals surface area contributed by atoms with Gasteiger partial charge in [-0.1, -0.05) is 26.0 Å². The second kappa shape index (κ2) is 8.76. The molecule has 0 fully saturated rings. The maximum atomic E-state index is 13.1. The molecule has 3 aromatic carbocycles. The summed E-state index contributed by atoms with van der Waals surface area (Å²) in [5.74, 6) is 0.0733. The number of nitrogens with zero attached hydrogens (tertiary/aromatic N) is 2. The van der Waals surface area contributed by atoms with Gasteiger partial charge in [0, 0.05) is 44.2 Å². The van der Waals surface area contributed by atoms with Gasteiger partial charge in [-0.2, -0.15) is 0 Å². The fourth-order valence-corrected chi connectivity index (χ4v) is 6.63. The van der Waals surface area contributed by atoms with Gasteiger partial charge in [0.2, 0.25) is 0 Å². The third kappa shape index (κ3) is 3.94. The number of hydrogen-bond donors (Lipinski definition) is 1. The smallest absolute Gasteiger partial charge is 0.275 e. The molecule has 5 rings (SSSR count). The molecule has 2 aromatic heterocycles. The highest BCUT2D eigenvalue weighted by atomic mass is 32.2. The first-order valence-corrected chi connectivity index (χ1v) is 13.8. The van der Waals surface area contributed by atoms with E-state index in [1.165, 1.54) is 23.5 Å². The van der Waals surface area contributed by atoms with E-state index in [1.807, 2.05) is 46.0 Å². The molecule has 0 aliphatic rings. The monoisotopic (exact) mass is 519 g/mol. The minimum Gasteiger partial charge on any atom is -0.289 e. The Labute approximate surface area is 212 Å². The summed E-state index contributed by atoms with van der Waals surface area (Å²) < 4.78 is 33.8. The van der Waals surface area contributed by atoms with Crippen LogP contribution in [0.4, 0.5) is 5.69 Å². The van der Waals surface area contributed by atoms with Crippen LogP contribution in [0.15, 0.2) is 81.2 Å². The van der Waals surface area contributed by atoms with Crippen molar-refractivity contribution in [2.45, 2.75) is 31.6 Å². The molecule has 0 saturated heterocycles. The number of hydrogen-bond acceptors (Lipinski definition) is 5. The third-order valence-corrected chi connectivity index (χ3v) is 8.94. The summed E-state index contributed by atoms with van der Waals surface area (Å²) in [6.45, 7) is 5.85. The number of benzene rings is 3. The number of nitrogens with one attached hydrogen (secondary N) is 1. The van der Waals surface area contributed by atoms with Crippen LogP contribution in [0.5, 0.6) is 0 Å². The standard InChI is InChI=1S/C27H25N3O4S2/c1-16(2)25-17(3)29(4)30(27(25)32)19-10-12-20(13-11-19)36(33,34)28-18-9-14-24-22(15-18)26(31)21-7-5-6-8-23(21)35-24/h5-16,28H,1-4H3. The van der Waals surface area contributed by atoms with E-state index >= 15 is 0 Å². The van der Waals surface area contributed by atoms with E-state index in [2.05, 4.69) is 4.72 Å². The van der Waals surface area contributed by atoms with E-state index < -0.39 is 10.0 Å². The lowest BCUT2D eigenvalue weighted by molar-refractivity contribution is 0.601. The number of sulfonamides is 1. The zero-order valence-corrected chi connectivity index (χ0v) is 21.9. The largest absolute Gasteiger partial charge is 0.289 e. The van der Waals surface area contributed by atoms with Gasteiger partial charge in [0.15, 0.2) is 5.43 Å². The number of aromatic nitrogens is 2. The molecule has 9 heteroatoms. The van der Waals surface area contributed by atoms with Gasteiger partial charge in [0.05, 0.1) is 10.6 Å². The Bertz CT molecular complexity index is 1860. The first kappa shape index (κ1) is 24.0. The normalized spacial score (nSPS) is 12.0. The molecule has 36 heavy (non-hydrogen) atoms. The topological polar surface area (TPSA) is 90.2 Å². The lowest BCUT2D eigenvalue weighted by Crippen LogP contribution is -2.21. The van der Waals surface area contributed by atoms with Crippen molar-refractivity contribution in [3.63, 3.8) is 0 Å². The van der Waals surface area contributed by atoms with Crippen LogP contribution in [0.25, 0.3) is 25.9 Å². The van der Waals surface area contributed by atoms with Crippen LogP contribution in [-0.4, -0.2) is 17.8 Å².